The van der Waals surface area contributed by atoms with Crippen LogP contribution >= 0.6 is 11.8 Å². The Morgan fingerprint density at radius 1 is 0.889 bits per heavy atom. The quantitative estimate of drug-likeness (QED) is 0.893. The summed E-state index contributed by atoms with van der Waals surface area (Å²) in [5.74, 6) is 0.552. The standard InChI is InChI=1S/C16H16OS/c17-14-9-13(10-14)12-5-4-8-16(11-12)18-15-6-2-1-3-7-15/h1-8,11,13-14,17H,9-10H2. The third kappa shape index (κ3) is 2.60. The summed E-state index contributed by atoms with van der Waals surface area (Å²) >= 11 is 1.79. The van der Waals surface area contributed by atoms with Crippen molar-refractivity contribution in [1.29, 1.82) is 0 Å². The van der Waals surface area contributed by atoms with Gasteiger partial charge in [-0.25, -0.2) is 0 Å². The highest BCUT2D eigenvalue weighted by molar-refractivity contribution is 7.99. The molecule has 0 radical (unpaired) electrons. The van der Waals surface area contributed by atoms with Gasteiger partial charge in [0.05, 0.1) is 6.10 Å². The van der Waals surface area contributed by atoms with Crippen LogP contribution in [0.1, 0.15) is 24.3 Å². The molecule has 0 amide bonds. The van der Waals surface area contributed by atoms with E-state index in [1.165, 1.54) is 15.4 Å². The van der Waals surface area contributed by atoms with Gasteiger partial charge in [-0.2, -0.15) is 0 Å². The van der Waals surface area contributed by atoms with Gasteiger partial charge in [-0.1, -0.05) is 42.1 Å². The largest absolute Gasteiger partial charge is 0.393 e. The molecule has 18 heavy (non-hydrogen) atoms. The molecule has 1 fully saturated rings. The molecule has 2 aromatic carbocycles. The summed E-state index contributed by atoms with van der Waals surface area (Å²) in [6.45, 7) is 0. The SMILES string of the molecule is OC1CC(c2cccc(Sc3ccccc3)c2)C1. The van der Waals surface area contributed by atoms with E-state index >= 15 is 0 Å². The minimum atomic E-state index is -0.0829. The molecule has 0 saturated heterocycles. The Bertz CT molecular complexity index is 518. The molecule has 0 spiro atoms. The van der Waals surface area contributed by atoms with Crippen molar-refractivity contribution in [2.75, 3.05) is 0 Å². The van der Waals surface area contributed by atoms with Crippen LogP contribution in [-0.4, -0.2) is 11.2 Å². The molecule has 0 atom stereocenters. The zero-order valence-corrected chi connectivity index (χ0v) is 10.9. The summed E-state index contributed by atoms with van der Waals surface area (Å²) in [4.78, 5) is 2.54. The Morgan fingerprint density at radius 3 is 2.33 bits per heavy atom. The van der Waals surface area contributed by atoms with Gasteiger partial charge >= 0.3 is 0 Å². The lowest BCUT2D eigenvalue weighted by molar-refractivity contribution is 0.0746. The molecule has 0 bridgehead atoms. The third-order valence-electron chi connectivity index (χ3n) is 3.42. The molecule has 0 unspecified atom stereocenters. The Labute approximate surface area is 112 Å². The van der Waals surface area contributed by atoms with Crippen LogP contribution in [0.5, 0.6) is 0 Å². The zero-order valence-electron chi connectivity index (χ0n) is 10.1. The Balaban J connectivity index is 1.75. The van der Waals surface area contributed by atoms with Crippen molar-refractivity contribution in [3.05, 3.63) is 60.2 Å². The van der Waals surface area contributed by atoms with Gasteiger partial charge in [0, 0.05) is 9.79 Å². The lowest BCUT2D eigenvalue weighted by Gasteiger charge is -2.31. The van der Waals surface area contributed by atoms with Gasteiger partial charge in [0.2, 0.25) is 0 Å². The van der Waals surface area contributed by atoms with Gasteiger partial charge in [-0.15, -0.1) is 0 Å². The highest BCUT2D eigenvalue weighted by Gasteiger charge is 2.28. The Morgan fingerprint density at radius 2 is 1.61 bits per heavy atom. The fraction of sp³-hybridized carbons (Fsp3) is 0.250. The van der Waals surface area contributed by atoms with Gasteiger partial charge in [0.15, 0.2) is 0 Å². The van der Waals surface area contributed by atoms with E-state index in [4.69, 9.17) is 0 Å². The van der Waals surface area contributed by atoms with Gasteiger partial charge < -0.3 is 5.11 Å². The van der Waals surface area contributed by atoms with Crippen LogP contribution in [0.25, 0.3) is 0 Å². The summed E-state index contributed by atoms with van der Waals surface area (Å²) in [5.41, 5.74) is 1.36. The number of rotatable bonds is 3. The topological polar surface area (TPSA) is 20.2 Å². The molecule has 1 N–H and O–H groups in total. The Hall–Kier alpha value is -1.25. The molecule has 2 heteroatoms. The summed E-state index contributed by atoms with van der Waals surface area (Å²) < 4.78 is 0. The minimum Gasteiger partial charge on any atom is -0.393 e. The van der Waals surface area contributed by atoms with E-state index in [0.29, 0.717) is 5.92 Å². The molecule has 1 nitrogen and oxygen atoms in total. The smallest absolute Gasteiger partial charge is 0.0552 e. The summed E-state index contributed by atoms with van der Waals surface area (Å²) in [6.07, 6.45) is 1.75. The molecule has 1 aliphatic rings. The predicted octanol–water partition coefficient (Wildman–Crippen LogP) is 4.08. The third-order valence-corrected chi connectivity index (χ3v) is 4.42. The molecular weight excluding hydrogens is 240 g/mol. The van der Waals surface area contributed by atoms with Crippen LogP contribution in [-0.2, 0) is 0 Å². The van der Waals surface area contributed by atoms with Gasteiger partial charge in [-0.05, 0) is 48.6 Å². The molecule has 1 saturated carbocycles. The molecule has 2 aromatic rings. The van der Waals surface area contributed by atoms with Crippen LogP contribution in [0.4, 0.5) is 0 Å². The van der Waals surface area contributed by atoms with E-state index in [2.05, 4.69) is 48.5 Å². The highest BCUT2D eigenvalue weighted by atomic mass is 32.2. The first kappa shape index (κ1) is 11.8. The number of aliphatic hydroxyl groups excluding tert-OH is 1. The minimum absolute atomic E-state index is 0.0829. The van der Waals surface area contributed by atoms with Crippen molar-refractivity contribution in [3.63, 3.8) is 0 Å². The van der Waals surface area contributed by atoms with Crippen molar-refractivity contribution >= 4 is 11.8 Å². The van der Waals surface area contributed by atoms with E-state index in [0.717, 1.165) is 12.8 Å². The van der Waals surface area contributed by atoms with Gasteiger partial charge in [0.25, 0.3) is 0 Å². The van der Waals surface area contributed by atoms with Crippen LogP contribution < -0.4 is 0 Å². The van der Waals surface area contributed by atoms with E-state index < -0.39 is 0 Å². The molecule has 92 valence electrons. The fourth-order valence-electron chi connectivity index (χ4n) is 2.32. The summed E-state index contributed by atoms with van der Waals surface area (Å²) in [7, 11) is 0. The van der Waals surface area contributed by atoms with Gasteiger partial charge in [-0.3, -0.25) is 0 Å². The second kappa shape index (κ2) is 5.17. The maximum absolute atomic E-state index is 9.38. The van der Waals surface area contributed by atoms with Gasteiger partial charge in [0.1, 0.15) is 0 Å². The fourth-order valence-corrected chi connectivity index (χ4v) is 3.22. The lowest BCUT2D eigenvalue weighted by Crippen LogP contribution is -2.26. The first-order valence-corrected chi connectivity index (χ1v) is 7.14. The Kier molecular flexibility index (Phi) is 3.39. The molecule has 0 aliphatic heterocycles. The normalized spacial score (nSPS) is 22.5. The zero-order chi connectivity index (χ0) is 12.4. The number of aliphatic hydroxyl groups is 1. The molecular formula is C16H16OS. The molecule has 0 heterocycles. The van der Waals surface area contributed by atoms with Crippen LogP contribution in [0.3, 0.4) is 0 Å². The summed E-state index contributed by atoms with van der Waals surface area (Å²) in [6, 6.07) is 19.1. The second-order valence-electron chi connectivity index (χ2n) is 4.81. The van der Waals surface area contributed by atoms with Crippen molar-refractivity contribution in [2.24, 2.45) is 0 Å². The van der Waals surface area contributed by atoms with Crippen molar-refractivity contribution in [3.8, 4) is 0 Å². The number of hydrogen-bond donors (Lipinski definition) is 1. The van der Waals surface area contributed by atoms with Crippen molar-refractivity contribution in [2.45, 2.75) is 34.7 Å². The maximum atomic E-state index is 9.38. The maximum Gasteiger partial charge on any atom is 0.0552 e. The van der Waals surface area contributed by atoms with Crippen molar-refractivity contribution in [1.82, 2.24) is 0 Å². The van der Waals surface area contributed by atoms with E-state index in [-0.39, 0.29) is 6.10 Å². The highest BCUT2D eigenvalue weighted by Crippen LogP contribution is 2.38. The average Bonchev–Trinajstić information content (AvgIpc) is 2.37. The average molecular weight is 256 g/mol. The van der Waals surface area contributed by atoms with Crippen LogP contribution in [0.2, 0.25) is 0 Å². The van der Waals surface area contributed by atoms with Crippen LogP contribution in [0.15, 0.2) is 64.4 Å². The van der Waals surface area contributed by atoms with Crippen molar-refractivity contribution < 1.29 is 5.11 Å². The monoisotopic (exact) mass is 256 g/mol. The number of benzene rings is 2. The second-order valence-corrected chi connectivity index (χ2v) is 5.96. The first-order chi connectivity index (χ1) is 8.81. The lowest BCUT2D eigenvalue weighted by atomic mass is 9.78. The van der Waals surface area contributed by atoms with E-state index in [1.807, 2.05) is 6.07 Å². The predicted molar refractivity (Wildman–Crippen MR) is 75.0 cm³/mol. The van der Waals surface area contributed by atoms with E-state index in [1.54, 1.807) is 11.8 Å². The molecule has 1 aliphatic carbocycles. The van der Waals surface area contributed by atoms with E-state index in [9.17, 15) is 5.11 Å². The first-order valence-electron chi connectivity index (χ1n) is 6.32. The number of hydrogen-bond acceptors (Lipinski definition) is 2. The molecule has 0 aromatic heterocycles. The van der Waals surface area contributed by atoms with Crippen LogP contribution in [0, 0.1) is 0 Å². The molecule has 3 rings (SSSR count). The summed E-state index contributed by atoms with van der Waals surface area (Å²) in [5, 5.41) is 9.38.